The Labute approximate surface area is 115 Å². The van der Waals surface area contributed by atoms with Gasteiger partial charge in [-0.1, -0.05) is 36.4 Å². The van der Waals surface area contributed by atoms with Gasteiger partial charge in [0.2, 0.25) is 0 Å². The zero-order valence-corrected chi connectivity index (χ0v) is 11.4. The van der Waals surface area contributed by atoms with Crippen LogP contribution in [-0.4, -0.2) is 29.0 Å². The molecule has 1 aromatic carbocycles. The summed E-state index contributed by atoms with van der Waals surface area (Å²) in [5.41, 5.74) is 1.08. The highest BCUT2D eigenvalue weighted by atomic mass is 16.5. The van der Waals surface area contributed by atoms with Gasteiger partial charge in [-0.2, -0.15) is 0 Å². The monoisotopic (exact) mass is 264 g/mol. The first-order valence-corrected chi connectivity index (χ1v) is 6.81. The van der Waals surface area contributed by atoms with Crippen LogP contribution < -0.4 is 0 Å². The Hall–Kier alpha value is -1.16. The van der Waals surface area contributed by atoms with Crippen LogP contribution in [0.25, 0.3) is 0 Å². The maximum atomic E-state index is 9.75. The number of ether oxygens (including phenoxy) is 1. The third-order valence-electron chi connectivity index (χ3n) is 2.91. The van der Waals surface area contributed by atoms with Gasteiger partial charge in [-0.3, -0.25) is 0 Å². The van der Waals surface area contributed by atoms with Gasteiger partial charge >= 0.3 is 0 Å². The van der Waals surface area contributed by atoms with Gasteiger partial charge in [-0.05, 0) is 24.8 Å². The van der Waals surface area contributed by atoms with E-state index in [2.05, 4.69) is 6.58 Å². The molecule has 1 aromatic rings. The molecule has 2 atom stereocenters. The summed E-state index contributed by atoms with van der Waals surface area (Å²) in [5, 5.41) is 19.5. The van der Waals surface area contributed by atoms with Crippen molar-refractivity contribution in [3.63, 3.8) is 0 Å². The number of hydrogen-bond acceptors (Lipinski definition) is 3. The number of rotatable bonds is 10. The van der Waals surface area contributed by atoms with Crippen molar-refractivity contribution in [2.24, 2.45) is 0 Å². The van der Waals surface area contributed by atoms with Gasteiger partial charge in [0.05, 0.1) is 25.4 Å². The summed E-state index contributed by atoms with van der Waals surface area (Å²) >= 11 is 0. The topological polar surface area (TPSA) is 49.7 Å². The molecule has 0 bridgehead atoms. The van der Waals surface area contributed by atoms with Gasteiger partial charge in [0.1, 0.15) is 0 Å². The van der Waals surface area contributed by atoms with Crippen LogP contribution in [0, 0.1) is 0 Å². The molecule has 0 heterocycles. The van der Waals surface area contributed by atoms with Crippen LogP contribution in [0.2, 0.25) is 0 Å². The molecule has 0 aliphatic heterocycles. The summed E-state index contributed by atoms with van der Waals surface area (Å²) in [5.74, 6) is 0. The Balaban J connectivity index is 2.10. The van der Waals surface area contributed by atoms with E-state index in [1.54, 1.807) is 0 Å². The first kappa shape index (κ1) is 15.9. The summed E-state index contributed by atoms with van der Waals surface area (Å²) in [4.78, 5) is 0. The van der Waals surface area contributed by atoms with E-state index < -0.39 is 12.2 Å². The molecule has 19 heavy (non-hydrogen) atoms. The summed E-state index contributed by atoms with van der Waals surface area (Å²) < 4.78 is 5.43. The third kappa shape index (κ3) is 7.78. The molecule has 0 unspecified atom stereocenters. The van der Waals surface area contributed by atoms with Gasteiger partial charge in [0.25, 0.3) is 0 Å². The average Bonchev–Trinajstić information content (AvgIpc) is 2.40. The maximum Gasteiger partial charge on any atom is 0.0798 e. The fraction of sp³-hybridized carbons (Fsp3) is 0.500. The van der Waals surface area contributed by atoms with Crippen LogP contribution in [0.3, 0.4) is 0 Å². The van der Waals surface area contributed by atoms with Crippen LogP contribution in [0.4, 0.5) is 0 Å². The number of aliphatic hydroxyl groups excluding tert-OH is 2. The van der Waals surface area contributed by atoms with Crippen LogP contribution in [0.1, 0.15) is 31.2 Å². The van der Waals surface area contributed by atoms with E-state index in [0.29, 0.717) is 19.4 Å². The Morgan fingerprint density at radius 1 is 1.16 bits per heavy atom. The van der Waals surface area contributed by atoms with Gasteiger partial charge in [-0.15, -0.1) is 6.58 Å². The van der Waals surface area contributed by atoms with Gasteiger partial charge < -0.3 is 14.9 Å². The van der Waals surface area contributed by atoms with E-state index in [9.17, 15) is 10.2 Å². The van der Waals surface area contributed by atoms with Crippen molar-refractivity contribution in [2.45, 2.75) is 44.5 Å². The minimum absolute atomic E-state index is 0.257. The molecule has 0 aromatic heterocycles. The van der Waals surface area contributed by atoms with Crippen molar-refractivity contribution in [2.75, 3.05) is 6.61 Å². The van der Waals surface area contributed by atoms with Crippen LogP contribution in [0.15, 0.2) is 43.0 Å². The lowest BCUT2D eigenvalue weighted by molar-refractivity contribution is -0.000587. The number of aliphatic hydroxyl groups is 2. The molecule has 0 amide bonds. The highest BCUT2D eigenvalue weighted by Crippen LogP contribution is 2.09. The Bertz CT molecular complexity index is 337. The molecular weight excluding hydrogens is 240 g/mol. The standard InChI is InChI=1S/C16H24O3/c1-2-3-5-10-15(17)11-16(18)13-19-12-14-8-6-4-7-9-14/h2,4,6-9,15-18H,1,3,5,10-13H2/t15-,16-/m1/s1. The first-order valence-electron chi connectivity index (χ1n) is 6.81. The highest BCUT2D eigenvalue weighted by molar-refractivity contribution is 5.13. The second-order valence-electron chi connectivity index (χ2n) is 4.76. The van der Waals surface area contributed by atoms with Crippen molar-refractivity contribution in [3.8, 4) is 0 Å². The molecular formula is C16H24O3. The minimum atomic E-state index is -0.609. The lowest BCUT2D eigenvalue weighted by atomic mass is 10.1. The van der Waals surface area contributed by atoms with E-state index in [1.165, 1.54) is 0 Å². The van der Waals surface area contributed by atoms with Gasteiger partial charge in [0, 0.05) is 6.42 Å². The van der Waals surface area contributed by atoms with Gasteiger partial charge in [-0.25, -0.2) is 0 Å². The lowest BCUT2D eigenvalue weighted by Crippen LogP contribution is -2.22. The molecule has 0 saturated carbocycles. The fourth-order valence-electron chi connectivity index (χ4n) is 1.88. The first-order chi connectivity index (χ1) is 9.22. The number of benzene rings is 1. The second-order valence-corrected chi connectivity index (χ2v) is 4.76. The van der Waals surface area contributed by atoms with Crippen LogP contribution in [0.5, 0.6) is 0 Å². The molecule has 106 valence electrons. The van der Waals surface area contributed by atoms with Crippen LogP contribution in [-0.2, 0) is 11.3 Å². The molecule has 1 rings (SSSR count). The molecule has 0 saturated heterocycles. The molecule has 0 radical (unpaired) electrons. The molecule has 0 fully saturated rings. The summed E-state index contributed by atoms with van der Waals surface area (Å²) in [6.07, 6.45) is 3.64. The average molecular weight is 264 g/mol. The van der Waals surface area contributed by atoms with Crippen molar-refractivity contribution in [1.29, 1.82) is 0 Å². The molecule has 0 spiro atoms. The number of unbranched alkanes of at least 4 members (excludes halogenated alkanes) is 1. The van der Waals surface area contributed by atoms with Crippen molar-refractivity contribution in [1.82, 2.24) is 0 Å². The Morgan fingerprint density at radius 2 is 1.89 bits per heavy atom. The smallest absolute Gasteiger partial charge is 0.0798 e. The maximum absolute atomic E-state index is 9.75. The van der Waals surface area contributed by atoms with E-state index in [0.717, 1.165) is 18.4 Å². The largest absolute Gasteiger partial charge is 0.393 e. The third-order valence-corrected chi connectivity index (χ3v) is 2.91. The van der Waals surface area contributed by atoms with E-state index in [1.807, 2.05) is 36.4 Å². The lowest BCUT2D eigenvalue weighted by Gasteiger charge is -2.15. The van der Waals surface area contributed by atoms with Crippen molar-refractivity contribution in [3.05, 3.63) is 48.6 Å². The predicted molar refractivity (Wildman–Crippen MR) is 76.8 cm³/mol. The molecule has 0 aliphatic carbocycles. The van der Waals surface area contributed by atoms with E-state index in [-0.39, 0.29) is 6.61 Å². The zero-order valence-electron chi connectivity index (χ0n) is 11.4. The van der Waals surface area contributed by atoms with E-state index >= 15 is 0 Å². The van der Waals surface area contributed by atoms with E-state index in [4.69, 9.17) is 4.74 Å². The summed E-state index contributed by atoms with van der Waals surface area (Å²) in [6.45, 7) is 4.38. The zero-order chi connectivity index (χ0) is 13.9. The fourth-order valence-corrected chi connectivity index (χ4v) is 1.88. The second kappa shape index (κ2) is 9.73. The summed E-state index contributed by atoms with van der Waals surface area (Å²) in [6, 6.07) is 9.84. The SMILES string of the molecule is C=CCCC[C@@H](O)C[C@@H](O)COCc1ccccc1. The molecule has 2 N–H and O–H groups in total. The minimum Gasteiger partial charge on any atom is -0.393 e. The van der Waals surface area contributed by atoms with Gasteiger partial charge in [0.15, 0.2) is 0 Å². The molecule has 0 aliphatic rings. The Kier molecular flexibility index (Phi) is 8.14. The molecule has 3 nitrogen and oxygen atoms in total. The van der Waals surface area contributed by atoms with Crippen molar-refractivity contribution >= 4 is 0 Å². The molecule has 3 heteroatoms. The number of allylic oxidation sites excluding steroid dienone is 1. The quantitative estimate of drug-likeness (QED) is 0.504. The van der Waals surface area contributed by atoms with Crippen LogP contribution >= 0.6 is 0 Å². The number of hydrogen-bond donors (Lipinski definition) is 2. The normalized spacial score (nSPS) is 14.0. The predicted octanol–water partition coefficient (Wildman–Crippen LogP) is 2.67. The van der Waals surface area contributed by atoms with Crippen molar-refractivity contribution < 1.29 is 14.9 Å². The highest BCUT2D eigenvalue weighted by Gasteiger charge is 2.11. The summed E-state index contributed by atoms with van der Waals surface area (Å²) in [7, 11) is 0. The Morgan fingerprint density at radius 3 is 2.58 bits per heavy atom.